The summed E-state index contributed by atoms with van der Waals surface area (Å²) in [6.45, 7) is 0. The van der Waals surface area contributed by atoms with Crippen LogP contribution < -0.4 is 0 Å². The molecule has 2 rings (SSSR count). The Bertz CT molecular complexity index is 556. The van der Waals surface area contributed by atoms with Crippen molar-refractivity contribution in [3.05, 3.63) is 54.4 Å². The van der Waals surface area contributed by atoms with Crippen molar-refractivity contribution in [2.24, 2.45) is 0 Å². The van der Waals surface area contributed by atoms with Crippen LogP contribution in [0.4, 0.5) is 0 Å². The average molecular weight is 395 g/mol. The van der Waals surface area contributed by atoms with Crippen LogP contribution in [0.25, 0.3) is 0 Å². The van der Waals surface area contributed by atoms with E-state index in [2.05, 4.69) is 0 Å². The fourth-order valence-electron chi connectivity index (χ4n) is 1.05. The second-order valence-corrected chi connectivity index (χ2v) is 5.91. The third-order valence-electron chi connectivity index (χ3n) is 1.97. The molecule has 0 saturated heterocycles. The smallest absolute Gasteiger partial charge is 0.152 e. The van der Waals surface area contributed by atoms with E-state index in [1.807, 2.05) is 0 Å². The predicted molar refractivity (Wildman–Crippen MR) is 86.3 cm³/mol. The van der Waals surface area contributed by atoms with E-state index >= 15 is 0 Å². The fraction of sp³-hybridized carbons (Fsp3) is 0. The lowest BCUT2D eigenvalue weighted by molar-refractivity contribution is 0.475. The van der Waals surface area contributed by atoms with Gasteiger partial charge in [-0.2, -0.15) is 0 Å². The molecule has 2 aromatic carbocycles. The van der Waals surface area contributed by atoms with E-state index in [0.717, 1.165) is 0 Å². The lowest BCUT2D eigenvalue weighted by Crippen LogP contribution is -1.70. The fourth-order valence-corrected chi connectivity index (χ4v) is 2.40. The number of aromatic hydroxyl groups is 2. The zero-order valence-corrected chi connectivity index (χ0v) is 14.0. The molecule has 108 valence electrons. The minimum atomic E-state index is -0.132. The van der Waals surface area contributed by atoms with Gasteiger partial charge in [0, 0.05) is 11.1 Å². The highest BCUT2D eigenvalue weighted by Crippen LogP contribution is 2.34. The number of phenols is 2. The number of rotatable bonds is 0. The molecule has 0 aliphatic heterocycles. The Kier molecular flexibility index (Phi) is 6.86. The number of hydrogen-bond donors (Lipinski definition) is 2. The normalized spacial score (nSPS) is 9.90. The summed E-state index contributed by atoms with van der Waals surface area (Å²) in [6, 6.07) is 5.53. The first-order valence-electron chi connectivity index (χ1n) is 4.89. The van der Waals surface area contributed by atoms with Crippen LogP contribution in [0.15, 0.2) is 24.3 Å². The van der Waals surface area contributed by atoms with Gasteiger partial charge in [-0.15, -0.1) is 0 Å². The molecule has 0 aliphatic rings. The first-order chi connectivity index (χ1) is 9.22. The van der Waals surface area contributed by atoms with Gasteiger partial charge in [-0.25, -0.2) is 0 Å². The van der Waals surface area contributed by atoms with Crippen LogP contribution in [0.3, 0.4) is 0 Å². The Hall–Kier alpha value is -0.220. The molecule has 0 unspecified atom stereocenters. The van der Waals surface area contributed by atoms with Crippen LogP contribution in [-0.4, -0.2) is 10.2 Å². The standard InChI is InChI=1S/2C6H3Cl3O/c7-3-1-5(9)6(10)2-4(3)8;7-3-1-4(8)6(10)5(9)2-3/h2*1-2,10H. The summed E-state index contributed by atoms with van der Waals surface area (Å²) in [5.41, 5.74) is 0. The Morgan fingerprint density at radius 1 is 0.550 bits per heavy atom. The van der Waals surface area contributed by atoms with E-state index in [-0.39, 0.29) is 26.6 Å². The maximum absolute atomic E-state index is 9.01. The zero-order chi connectivity index (χ0) is 15.4. The van der Waals surface area contributed by atoms with Crippen molar-refractivity contribution >= 4 is 69.6 Å². The van der Waals surface area contributed by atoms with Gasteiger partial charge >= 0.3 is 0 Å². The third kappa shape index (κ3) is 4.96. The molecule has 0 bridgehead atoms. The molecule has 0 atom stereocenters. The van der Waals surface area contributed by atoms with E-state index in [9.17, 15) is 0 Å². The van der Waals surface area contributed by atoms with Crippen LogP contribution in [0, 0.1) is 0 Å². The monoisotopic (exact) mass is 392 g/mol. The summed E-state index contributed by atoms with van der Waals surface area (Å²) < 4.78 is 0. The van der Waals surface area contributed by atoms with Crippen molar-refractivity contribution in [2.75, 3.05) is 0 Å². The van der Waals surface area contributed by atoms with Crippen molar-refractivity contribution in [2.45, 2.75) is 0 Å². The van der Waals surface area contributed by atoms with Gasteiger partial charge < -0.3 is 10.2 Å². The highest BCUT2D eigenvalue weighted by Gasteiger charge is 2.04. The number of halogens is 6. The van der Waals surface area contributed by atoms with Crippen molar-refractivity contribution < 1.29 is 10.2 Å². The van der Waals surface area contributed by atoms with Crippen LogP contribution in [0.1, 0.15) is 0 Å². The van der Waals surface area contributed by atoms with Crippen LogP contribution in [0.2, 0.25) is 30.1 Å². The molecule has 0 spiro atoms. The van der Waals surface area contributed by atoms with Crippen molar-refractivity contribution in [1.82, 2.24) is 0 Å². The average Bonchev–Trinajstić information content (AvgIpc) is 2.34. The van der Waals surface area contributed by atoms with Crippen molar-refractivity contribution in [1.29, 1.82) is 0 Å². The highest BCUT2D eigenvalue weighted by molar-refractivity contribution is 6.43. The van der Waals surface area contributed by atoms with E-state index in [4.69, 9.17) is 79.8 Å². The van der Waals surface area contributed by atoms with Gasteiger partial charge in [-0.3, -0.25) is 0 Å². The molecule has 2 nitrogen and oxygen atoms in total. The van der Waals surface area contributed by atoms with Gasteiger partial charge in [0.25, 0.3) is 0 Å². The second kappa shape index (κ2) is 7.69. The van der Waals surface area contributed by atoms with Crippen LogP contribution in [-0.2, 0) is 0 Å². The topological polar surface area (TPSA) is 40.5 Å². The first kappa shape index (κ1) is 17.8. The highest BCUT2D eigenvalue weighted by atomic mass is 35.5. The minimum absolute atomic E-state index is 0.0592. The van der Waals surface area contributed by atoms with Gasteiger partial charge in [0.15, 0.2) is 5.75 Å². The van der Waals surface area contributed by atoms with E-state index in [1.165, 1.54) is 24.3 Å². The summed E-state index contributed by atoms with van der Waals surface area (Å²) in [5.74, 6) is -0.191. The molecule has 0 saturated carbocycles. The molecule has 0 amide bonds. The molecular weight excluding hydrogens is 389 g/mol. The van der Waals surface area contributed by atoms with Crippen molar-refractivity contribution in [3.63, 3.8) is 0 Å². The Balaban J connectivity index is 0.000000200. The quantitative estimate of drug-likeness (QED) is 0.488. The maximum Gasteiger partial charge on any atom is 0.152 e. The van der Waals surface area contributed by atoms with E-state index in [0.29, 0.717) is 15.1 Å². The summed E-state index contributed by atoms with van der Waals surface area (Å²) in [5, 5.41) is 19.5. The zero-order valence-electron chi connectivity index (χ0n) is 9.47. The largest absolute Gasteiger partial charge is 0.506 e. The number of phenolic OH excluding ortho intramolecular Hbond substituents is 2. The molecule has 2 N–H and O–H groups in total. The lowest BCUT2D eigenvalue weighted by atomic mass is 10.3. The Morgan fingerprint density at radius 2 is 1.00 bits per heavy atom. The first-order valence-corrected chi connectivity index (χ1v) is 7.16. The number of hydrogen-bond acceptors (Lipinski definition) is 2. The molecule has 0 aromatic heterocycles. The van der Waals surface area contributed by atoms with Crippen LogP contribution in [0.5, 0.6) is 11.5 Å². The van der Waals surface area contributed by atoms with Gasteiger partial charge in [0.05, 0.1) is 25.1 Å². The summed E-state index contributed by atoms with van der Waals surface area (Å²) in [4.78, 5) is 0. The van der Waals surface area contributed by atoms with Crippen LogP contribution >= 0.6 is 69.6 Å². The van der Waals surface area contributed by atoms with Crippen molar-refractivity contribution in [3.8, 4) is 11.5 Å². The summed E-state index contributed by atoms with van der Waals surface area (Å²) in [6.07, 6.45) is 0. The van der Waals surface area contributed by atoms with Gasteiger partial charge in [0.1, 0.15) is 5.75 Å². The molecule has 0 heterocycles. The lowest BCUT2D eigenvalue weighted by Gasteiger charge is -1.98. The van der Waals surface area contributed by atoms with Gasteiger partial charge in [0.2, 0.25) is 0 Å². The summed E-state index contributed by atoms with van der Waals surface area (Å²) >= 11 is 33.1. The predicted octanol–water partition coefficient (Wildman–Crippen LogP) is 6.70. The van der Waals surface area contributed by atoms with Gasteiger partial charge in [-0.1, -0.05) is 69.6 Å². The molecular formula is C12H6Cl6O2. The SMILES string of the molecule is Oc1c(Cl)cc(Cl)cc1Cl.Oc1cc(Cl)c(Cl)cc1Cl. The molecule has 2 aromatic rings. The molecule has 0 aliphatic carbocycles. The molecule has 0 fully saturated rings. The Morgan fingerprint density at radius 3 is 1.45 bits per heavy atom. The molecule has 20 heavy (non-hydrogen) atoms. The van der Waals surface area contributed by atoms with E-state index < -0.39 is 0 Å². The maximum atomic E-state index is 9.01. The third-order valence-corrected chi connectivity index (χ3v) is 3.79. The summed E-state index contributed by atoms with van der Waals surface area (Å²) in [7, 11) is 0. The second-order valence-electron chi connectivity index (χ2n) is 3.44. The molecule has 8 heteroatoms. The Labute approximate surface area is 145 Å². The molecule has 0 radical (unpaired) electrons. The minimum Gasteiger partial charge on any atom is -0.506 e. The van der Waals surface area contributed by atoms with E-state index in [1.54, 1.807) is 0 Å². The number of benzene rings is 2. The van der Waals surface area contributed by atoms with Gasteiger partial charge in [-0.05, 0) is 18.2 Å².